The van der Waals surface area contributed by atoms with Crippen molar-refractivity contribution in [1.29, 1.82) is 5.41 Å². The fourth-order valence-electron chi connectivity index (χ4n) is 3.31. The van der Waals surface area contributed by atoms with E-state index in [-0.39, 0.29) is 22.2 Å². The highest BCUT2D eigenvalue weighted by Gasteiger charge is 2.27. The van der Waals surface area contributed by atoms with E-state index in [9.17, 15) is 18.3 Å². The molecule has 0 aliphatic carbocycles. The van der Waals surface area contributed by atoms with Crippen LogP contribution >= 0.6 is 23.1 Å². The van der Waals surface area contributed by atoms with E-state index in [0.717, 1.165) is 33.6 Å². The highest BCUT2D eigenvalue weighted by atomic mass is 32.2. The molecular weight excluding hydrogens is 504 g/mol. The third kappa shape index (κ3) is 6.32. The largest absolute Gasteiger partial charge is 0.444 e. The maximum absolute atomic E-state index is 13.6. The van der Waals surface area contributed by atoms with Crippen LogP contribution in [-0.4, -0.2) is 37.3 Å². The van der Waals surface area contributed by atoms with Gasteiger partial charge < -0.3 is 9.84 Å². The highest BCUT2D eigenvalue weighted by Crippen LogP contribution is 2.38. The second-order valence-electron chi connectivity index (χ2n) is 8.81. The number of amidine groups is 1. The first-order valence-electron chi connectivity index (χ1n) is 10.7. The minimum atomic E-state index is -3.91. The summed E-state index contributed by atoms with van der Waals surface area (Å²) in [4.78, 5) is 12.6. The quantitative estimate of drug-likeness (QED) is 0.216. The number of aliphatic hydroxyl groups excluding tert-OH is 1. The molecule has 0 aliphatic heterocycles. The third-order valence-corrected chi connectivity index (χ3v) is 9.28. The van der Waals surface area contributed by atoms with Gasteiger partial charge in [-0.3, -0.25) is 10.7 Å². The van der Waals surface area contributed by atoms with Gasteiger partial charge in [0, 0.05) is 0 Å². The lowest BCUT2D eigenvalue weighted by Gasteiger charge is -2.19. The molecule has 0 spiro atoms. The SMILES string of the molecule is CSc1sc(C(=N)NC(=O)OC(C)(C)C)cc1S(=O)(=O)c1cccc(-c2cc(CO)ccc2C)c1. The van der Waals surface area contributed by atoms with E-state index < -0.39 is 21.5 Å². The topological polar surface area (TPSA) is 117 Å². The van der Waals surface area contributed by atoms with Crippen LogP contribution in [0, 0.1) is 12.3 Å². The van der Waals surface area contributed by atoms with Gasteiger partial charge in [0.05, 0.1) is 25.5 Å². The molecule has 1 amide bonds. The van der Waals surface area contributed by atoms with Crippen molar-refractivity contribution in [3.63, 3.8) is 0 Å². The van der Waals surface area contributed by atoms with Crippen molar-refractivity contribution in [2.45, 2.75) is 53.9 Å². The summed E-state index contributed by atoms with van der Waals surface area (Å²) < 4.78 is 32.9. The maximum atomic E-state index is 13.6. The average molecular weight is 533 g/mol. The first-order valence-corrected chi connectivity index (χ1v) is 14.2. The number of carbonyl (C=O) groups excluding carboxylic acids is 1. The van der Waals surface area contributed by atoms with E-state index in [1.165, 1.54) is 23.9 Å². The smallest absolute Gasteiger partial charge is 0.413 e. The molecule has 10 heteroatoms. The Labute approximate surface area is 214 Å². The van der Waals surface area contributed by atoms with E-state index in [1.807, 2.05) is 31.2 Å². The van der Waals surface area contributed by atoms with Gasteiger partial charge in [-0.25, -0.2) is 13.2 Å². The Morgan fingerprint density at radius 1 is 1.17 bits per heavy atom. The molecule has 0 radical (unpaired) electrons. The predicted molar refractivity (Wildman–Crippen MR) is 140 cm³/mol. The predicted octanol–water partition coefficient (Wildman–Crippen LogP) is 5.62. The second-order valence-corrected chi connectivity index (χ2v) is 12.9. The van der Waals surface area contributed by atoms with E-state index in [1.54, 1.807) is 39.2 Å². The number of hydrogen-bond acceptors (Lipinski definition) is 8. The summed E-state index contributed by atoms with van der Waals surface area (Å²) in [6, 6.07) is 13.7. The Hall–Kier alpha value is -2.66. The average Bonchev–Trinajstić information content (AvgIpc) is 3.24. The summed E-state index contributed by atoms with van der Waals surface area (Å²) in [5, 5.41) is 20.1. The van der Waals surface area contributed by atoms with Crippen molar-refractivity contribution in [3.05, 3.63) is 64.5 Å². The molecule has 0 fully saturated rings. The van der Waals surface area contributed by atoms with Crippen LogP contribution in [0.4, 0.5) is 4.79 Å². The normalized spacial score (nSPS) is 11.8. The number of amides is 1. The summed E-state index contributed by atoms with van der Waals surface area (Å²) in [6.45, 7) is 6.97. The maximum Gasteiger partial charge on any atom is 0.413 e. The molecular formula is C25H28N2O5S3. The van der Waals surface area contributed by atoms with Gasteiger partial charge in [0.15, 0.2) is 0 Å². The molecule has 1 heterocycles. The number of aryl methyl sites for hydroxylation is 1. The van der Waals surface area contributed by atoms with Crippen molar-refractivity contribution in [3.8, 4) is 11.1 Å². The van der Waals surface area contributed by atoms with E-state index in [2.05, 4.69) is 5.32 Å². The van der Waals surface area contributed by atoms with Gasteiger partial charge in [0.1, 0.15) is 11.4 Å². The summed E-state index contributed by atoms with van der Waals surface area (Å²) in [7, 11) is -3.91. The third-order valence-electron chi connectivity index (χ3n) is 4.95. The Balaban J connectivity index is 1.97. The fourth-order valence-corrected chi connectivity index (χ4v) is 7.26. The van der Waals surface area contributed by atoms with Gasteiger partial charge in [-0.05, 0) is 80.5 Å². The molecule has 7 nitrogen and oxygen atoms in total. The number of rotatable bonds is 6. The van der Waals surface area contributed by atoms with Crippen molar-refractivity contribution < 1.29 is 23.1 Å². The molecule has 0 atom stereocenters. The van der Waals surface area contributed by atoms with Crippen LogP contribution in [0.1, 0.15) is 36.8 Å². The zero-order chi connectivity index (χ0) is 26.0. The van der Waals surface area contributed by atoms with Crippen molar-refractivity contribution in [1.82, 2.24) is 5.32 Å². The van der Waals surface area contributed by atoms with Gasteiger partial charge in [-0.2, -0.15) is 0 Å². The molecule has 0 bridgehead atoms. The standard InChI is InChI=1S/C25H28N2O5S3/c1-15-9-10-16(14-28)11-19(15)17-7-6-8-18(12-17)35(30,31)21-13-20(34-23(21)33-5)22(26)27-24(29)32-25(2,3)4/h6-13,28H,14H2,1-5H3,(H2,26,27,29). The lowest BCUT2D eigenvalue weighted by molar-refractivity contribution is 0.0563. The molecule has 186 valence electrons. The zero-order valence-electron chi connectivity index (χ0n) is 20.1. The number of hydrogen-bond donors (Lipinski definition) is 3. The van der Waals surface area contributed by atoms with Crippen LogP contribution in [0.25, 0.3) is 11.1 Å². The Bertz CT molecular complexity index is 1370. The van der Waals surface area contributed by atoms with Crippen molar-refractivity contribution in [2.75, 3.05) is 6.26 Å². The summed E-state index contributed by atoms with van der Waals surface area (Å²) in [5.74, 6) is -0.230. The number of sulfone groups is 1. The monoisotopic (exact) mass is 532 g/mol. The molecule has 0 unspecified atom stereocenters. The van der Waals surface area contributed by atoms with Crippen LogP contribution in [0.2, 0.25) is 0 Å². The van der Waals surface area contributed by atoms with Gasteiger partial charge in [-0.1, -0.05) is 24.3 Å². The molecule has 0 aliphatic rings. The fraction of sp³-hybridized carbons (Fsp3) is 0.280. The lowest BCUT2D eigenvalue weighted by Crippen LogP contribution is -2.36. The minimum Gasteiger partial charge on any atom is -0.444 e. The van der Waals surface area contributed by atoms with Crippen LogP contribution in [0.3, 0.4) is 0 Å². The molecule has 1 aromatic heterocycles. The number of carbonyl (C=O) groups is 1. The van der Waals surface area contributed by atoms with Gasteiger partial charge in [0.25, 0.3) is 0 Å². The first kappa shape index (κ1) is 26.9. The molecule has 3 aromatic rings. The Morgan fingerprint density at radius 3 is 2.51 bits per heavy atom. The number of thiophene rings is 1. The molecule has 35 heavy (non-hydrogen) atoms. The Kier molecular flexibility index (Phi) is 8.10. The molecule has 2 aromatic carbocycles. The first-order chi connectivity index (χ1) is 16.4. The highest BCUT2D eigenvalue weighted by molar-refractivity contribution is 8.01. The summed E-state index contributed by atoms with van der Waals surface area (Å²) in [5.41, 5.74) is 2.54. The number of ether oxygens (including phenoxy) is 1. The molecule has 3 N–H and O–H groups in total. The van der Waals surface area contributed by atoms with Crippen molar-refractivity contribution in [2.24, 2.45) is 0 Å². The van der Waals surface area contributed by atoms with Crippen LogP contribution in [-0.2, 0) is 21.2 Å². The number of alkyl carbamates (subject to hydrolysis) is 1. The van der Waals surface area contributed by atoms with Crippen molar-refractivity contribution >= 4 is 44.9 Å². The number of aliphatic hydroxyl groups is 1. The zero-order valence-corrected chi connectivity index (χ0v) is 22.6. The van der Waals surface area contributed by atoms with Gasteiger partial charge in [0.2, 0.25) is 9.84 Å². The van der Waals surface area contributed by atoms with E-state index in [0.29, 0.717) is 9.09 Å². The molecule has 0 saturated carbocycles. The second kappa shape index (κ2) is 10.5. The van der Waals surface area contributed by atoms with Gasteiger partial charge >= 0.3 is 6.09 Å². The van der Waals surface area contributed by atoms with E-state index in [4.69, 9.17) is 10.1 Å². The number of nitrogens with one attached hydrogen (secondary N) is 2. The number of benzene rings is 2. The summed E-state index contributed by atoms with van der Waals surface area (Å²) in [6.07, 6.45) is 0.985. The lowest BCUT2D eigenvalue weighted by atomic mass is 9.98. The molecule has 3 rings (SSSR count). The minimum absolute atomic E-state index is 0.0821. The van der Waals surface area contributed by atoms with Crippen LogP contribution < -0.4 is 5.32 Å². The van der Waals surface area contributed by atoms with Crippen LogP contribution in [0.15, 0.2) is 62.5 Å². The summed E-state index contributed by atoms with van der Waals surface area (Å²) >= 11 is 2.38. The number of thioether (sulfide) groups is 1. The molecule has 0 saturated heterocycles. The van der Waals surface area contributed by atoms with Crippen LogP contribution in [0.5, 0.6) is 0 Å². The van der Waals surface area contributed by atoms with E-state index >= 15 is 0 Å². The van der Waals surface area contributed by atoms with Gasteiger partial charge in [-0.15, -0.1) is 23.1 Å². The Morgan fingerprint density at radius 2 is 1.89 bits per heavy atom.